The van der Waals surface area contributed by atoms with Gasteiger partial charge < -0.3 is 9.84 Å². The molecule has 0 aliphatic carbocycles. The smallest absolute Gasteiger partial charge is 0.303 e. The number of carboxylic acid groups (broad SMARTS) is 1. The second-order valence-electron chi connectivity index (χ2n) is 6.52. The number of carbonyl (C=O) groups is 1. The fourth-order valence-corrected chi connectivity index (χ4v) is 3.32. The minimum Gasteiger partial charge on any atom is -0.481 e. The predicted octanol–water partition coefficient (Wildman–Crippen LogP) is 4.15. The van der Waals surface area contributed by atoms with E-state index in [4.69, 9.17) is 4.74 Å². The van der Waals surface area contributed by atoms with E-state index in [-0.39, 0.29) is 17.9 Å². The van der Waals surface area contributed by atoms with E-state index in [2.05, 4.69) is 45.0 Å². The van der Waals surface area contributed by atoms with Gasteiger partial charge in [-0.1, -0.05) is 36.8 Å². The molecule has 1 aromatic carbocycles. The van der Waals surface area contributed by atoms with Gasteiger partial charge in [-0.25, -0.2) is 0 Å². The molecular formula is C18H26O3. The molecule has 0 saturated carbocycles. The van der Waals surface area contributed by atoms with Gasteiger partial charge in [0.2, 0.25) is 0 Å². The molecule has 0 spiro atoms. The van der Waals surface area contributed by atoms with Crippen LogP contribution in [0.1, 0.15) is 56.6 Å². The molecule has 3 atom stereocenters. The quantitative estimate of drug-likeness (QED) is 0.886. The Kier molecular flexibility index (Phi) is 5.04. The standard InChI is InChI=1S/C18H26O3/c1-4-18(3)12-15(9-10-21-18)16(11-17(19)20)14-7-5-13(2)6-8-14/h5-8,15-16H,4,9-12H2,1-3H3,(H,19,20)/t15-,16-,18+/m1/s1. The Balaban J connectivity index is 2.23. The maximum Gasteiger partial charge on any atom is 0.303 e. The summed E-state index contributed by atoms with van der Waals surface area (Å²) in [5, 5.41) is 9.29. The van der Waals surface area contributed by atoms with Gasteiger partial charge in [-0.15, -0.1) is 0 Å². The average molecular weight is 290 g/mol. The molecule has 1 aromatic rings. The largest absolute Gasteiger partial charge is 0.481 e. The molecule has 0 bridgehead atoms. The molecule has 1 heterocycles. The zero-order valence-electron chi connectivity index (χ0n) is 13.3. The Hall–Kier alpha value is -1.35. The summed E-state index contributed by atoms with van der Waals surface area (Å²) in [5.41, 5.74) is 2.25. The monoisotopic (exact) mass is 290 g/mol. The number of aliphatic carboxylic acids is 1. The van der Waals surface area contributed by atoms with Crippen molar-refractivity contribution >= 4 is 5.97 Å². The Morgan fingerprint density at radius 1 is 1.43 bits per heavy atom. The van der Waals surface area contributed by atoms with Gasteiger partial charge in [0.1, 0.15) is 0 Å². The molecule has 0 unspecified atom stereocenters. The third kappa shape index (κ3) is 4.07. The van der Waals surface area contributed by atoms with Crippen molar-refractivity contribution in [3.05, 3.63) is 35.4 Å². The van der Waals surface area contributed by atoms with E-state index < -0.39 is 5.97 Å². The molecule has 3 heteroatoms. The van der Waals surface area contributed by atoms with E-state index in [1.807, 2.05) is 0 Å². The van der Waals surface area contributed by atoms with Crippen LogP contribution >= 0.6 is 0 Å². The first-order valence-electron chi connectivity index (χ1n) is 7.86. The van der Waals surface area contributed by atoms with E-state index in [1.165, 1.54) is 5.56 Å². The number of benzene rings is 1. The third-order valence-electron chi connectivity index (χ3n) is 4.85. The predicted molar refractivity (Wildman–Crippen MR) is 83.5 cm³/mol. The first-order chi connectivity index (χ1) is 9.93. The zero-order chi connectivity index (χ0) is 15.5. The van der Waals surface area contributed by atoms with Gasteiger partial charge in [0, 0.05) is 6.61 Å². The lowest BCUT2D eigenvalue weighted by Gasteiger charge is -2.41. The minimum atomic E-state index is -0.717. The van der Waals surface area contributed by atoms with Crippen molar-refractivity contribution in [3.8, 4) is 0 Å². The van der Waals surface area contributed by atoms with Crippen LogP contribution < -0.4 is 0 Å². The van der Waals surface area contributed by atoms with Crippen LogP contribution in [0.2, 0.25) is 0 Å². The first-order valence-corrected chi connectivity index (χ1v) is 7.86. The second-order valence-corrected chi connectivity index (χ2v) is 6.52. The van der Waals surface area contributed by atoms with Crippen LogP contribution in [0.15, 0.2) is 24.3 Å². The minimum absolute atomic E-state index is 0.0814. The lowest BCUT2D eigenvalue weighted by atomic mass is 9.74. The van der Waals surface area contributed by atoms with E-state index in [1.54, 1.807) is 0 Å². The first kappa shape index (κ1) is 16.0. The van der Waals surface area contributed by atoms with Crippen LogP contribution in [0.25, 0.3) is 0 Å². The zero-order valence-corrected chi connectivity index (χ0v) is 13.3. The molecule has 1 fully saturated rings. The Bertz CT molecular complexity index is 480. The Morgan fingerprint density at radius 2 is 2.10 bits per heavy atom. The highest BCUT2D eigenvalue weighted by atomic mass is 16.5. The van der Waals surface area contributed by atoms with Crippen molar-refractivity contribution in [1.82, 2.24) is 0 Å². The summed E-state index contributed by atoms with van der Waals surface area (Å²) in [6.07, 6.45) is 3.06. The summed E-state index contributed by atoms with van der Waals surface area (Å²) >= 11 is 0. The van der Waals surface area contributed by atoms with Crippen LogP contribution in [-0.4, -0.2) is 23.3 Å². The lowest BCUT2D eigenvalue weighted by molar-refractivity contribution is -0.139. The van der Waals surface area contributed by atoms with Crippen LogP contribution in [-0.2, 0) is 9.53 Å². The second kappa shape index (κ2) is 6.61. The van der Waals surface area contributed by atoms with Crippen LogP contribution in [0.5, 0.6) is 0 Å². The molecule has 21 heavy (non-hydrogen) atoms. The fraction of sp³-hybridized carbons (Fsp3) is 0.611. The maximum atomic E-state index is 11.3. The van der Waals surface area contributed by atoms with Crippen molar-refractivity contribution in [2.24, 2.45) is 5.92 Å². The Morgan fingerprint density at radius 3 is 2.67 bits per heavy atom. The third-order valence-corrected chi connectivity index (χ3v) is 4.85. The van der Waals surface area contributed by atoms with Crippen LogP contribution in [0.3, 0.4) is 0 Å². The average Bonchev–Trinajstić information content (AvgIpc) is 2.46. The van der Waals surface area contributed by atoms with Crippen LogP contribution in [0.4, 0.5) is 0 Å². The number of ether oxygens (including phenoxy) is 1. The summed E-state index contributed by atoms with van der Waals surface area (Å²) in [7, 11) is 0. The summed E-state index contributed by atoms with van der Waals surface area (Å²) in [6.45, 7) is 7.07. The highest BCUT2D eigenvalue weighted by Crippen LogP contribution is 2.41. The van der Waals surface area contributed by atoms with E-state index >= 15 is 0 Å². The van der Waals surface area contributed by atoms with Crippen molar-refractivity contribution in [2.75, 3.05) is 6.61 Å². The number of hydrogen-bond donors (Lipinski definition) is 1. The highest BCUT2D eigenvalue weighted by Gasteiger charge is 2.36. The maximum absolute atomic E-state index is 11.3. The number of carboxylic acids is 1. The van der Waals surface area contributed by atoms with Gasteiger partial charge in [0.25, 0.3) is 0 Å². The molecule has 1 aliphatic rings. The molecule has 1 saturated heterocycles. The van der Waals surface area contributed by atoms with Gasteiger partial charge in [-0.05, 0) is 50.5 Å². The van der Waals surface area contributed by atoms with Crippen molar-refractivity contribution in [2.45, 2.75) is 58.0 Å². The topological polar surface area (TPSA) is 46.5 Å². The summed E-state index contributed by atoms with van der Waals surface area (Å²) in [6, 6.07) is 8.31. The SMILES string of the molecule is CC[C@@]1(C)C[C@H]([C@H](CC(=O)O)c2ccc(C)cc2)CCO1. The van der Waals surface area contributed by atoms with E-state index in [0.717, 1.165) is 31.4 Å². The van der Waals surface area contributed by atoms with Crippen molar-refractivity contribution < 1.29 is 14.6 Å². The van der Waals surface area contributed by atoms with Gasteiger partial charge in [-0.2, -0.15) is 0 Å². The molecule has 1 N–H and O–H groups in total. The molecule has 0 aromatic heterocycles. The van der Waals surface area contributed by atoms with Gasteiger partial charge >= 0.3 is 5.97 Å². The van der Waals surface area contributed by atoms with Crippen molar-refractivity contribution in [1.29, 1.82) is 0 Å². The highest BCUT2D eigenvalue weighted by molar-refractivity contribution is 5.68. The lowest BCUT2D eigenvalue weighted by Crippen LogP contribution is -2.38. The fourth-order valence-electron chi connectivity index (χ4n) is 3.32. The number of aryl methyl sites for hydroxylation is 1. The Labute approximate surface area is 127 Å². The van der Waals surface area contributed by atoms with Crippen molar-refractivity contribution in [3.63, 3.8) is 0 Å². The van der Waals surface area contributed by atoms with Gasteiger partial charge in [-0.3, -0.25) is 4.79 Å². The number of rotatable bonds is 5. The van der Waals surface area contributed by atoms with Crippen LogP contribution in [0, 0.1) is 12.8 Å². The van der Waals surface area contributed by atoms with Gasteiger partial charge in [0.15, 0.2) is 0 Å². The van der Waals surface area contributed by atoms with E-state index in [0.29, 0.717) is 5.92 Å². The molecule has 2 rings (SSSR count). The summed E-state index contributed by atoms with van der Waals surface area (Å²) in [4.78, 5) is 11.3. The molecule has 116 valence electrons. The summed E-state index contributed by atoms with van der Waals surface area (Å²) < 4.78 is 5.91. The van der Waals surface area contributed by atoms with E-state index in [9.17, 15) is 9.90 Å². The molecule has 3 nitrogen and oxygen atoms in total. The molecular weight excluding hydrogens is 264 g/mol. The summed E-state index contributed by atoms with van der Waals surface area (Å²) in [5.74, 6) is -0.259. The molecule has 0 radical (unpaired) electrons. The molecule has 1 aliphatic heterocycles. The van der Waals surface area contributed by atoms with Gasteiger partial charge in [0.05, 0.1) is 12.0 Å². The normalized spacial score (nSPS) is 27.3. The molecule has 0 amide bonds. The number of hydrogen-bond acceptors (Lipinski definition) is 2.